The van der Waals surface area contributed by atoms with E-state index in [1.807, 2.05) is 0 Å². The Hall–Kier alpha value is -3.52. The highest BCUT2D eigenvalue weighted by atomic mass is 15.2. The Labute approximate surface area is 234 Å². The van der Waals surface area contributed by atoms with Gasteiger partial charge in [0.2, 0.25) is 11.2 Å². The molecule has 4 aromatic rings. The molecule has 2 nitrogen and oxygen atoms in total. The first-order chi connectivity index (χ1) is 18.6. The topological polar surface area (TPSA) is 16.8 Å². The van der Waals surface area contributed by atoms with E-state index in [4.69, 9.17) is 11.6 Å². The standard InChI is InChI=1S/C37H41N2/c1-10-15-37-28(9)36(37,11-2)33-27(8)17-24(5)20-30(33)35-34(29-18-22(3)16-23(4)19-29)38-31(21-39(35)37)32-25(6)13-12-14-26(32)7/h12-14,16-21H,9-11,15H2,1-8H3/q+1. The minimum Gasteiger partial charge on any atom is -0.234 e. The number of rotatable bonds is 5. The molecule has 0 amide bonds. The maximum atomic E-state index is 5.56. The summed E-state index contributed by atoms with van der Waals surface area (Å²) in [5.41, 5.74) is 17.5. The monoisotopic (exact) mass is 513 g/mol. The largest absolute Gasteiger partial charge is 0.240 e. The molecule has 0 N–H and O–H groups in total. The van der Waals surface area contributed by atoms with Crippen molar-refractivity contribution in [3.8, 4) is 33.8 Å². The summed E-state index contributed by atoms with van der Waals surface area (Å²) in [4.78, 5) is 5.56. The molecule has 1 saturated carbocycles. The zero-order chi connectivity index (χ0) is 27.9. The smallest absolute Gasteiger partial charge is 0.234 e. The van der Waals surface area contributed by atoms with Crippen LogP contribution in [0.5, 0.6) is 0 Å². The molecule has 2 heterocycles. The Morgan fingerprint density at radius 1 is 0.821 bits per heavy atom. The van der Waals surface area contributed by atoms with Crippen LogP contribution in [-0.2, 0) is 11.0 Å². The van der Waals surface area contributed by atoms with E-state index in [0.717, 1.165) is 30.7 Å². The number of hydrogen-bond donors (Lipinski definition) is 0. The average molecular weight is 514 g/mol. The van der Waals surface area contributed by atoms with E-state index in [1.165, 1.54) is 66.9 Å². The quantitative estimate of drug-likeness (QED) is 0.192. The van der Waals surface area contributed by atoms with E-state index in [2.05, 4.69) is 115 Å². The fraction of sp³-hybridized carbons (Fsp3) is 0.351. The van der Waals surface area contributed by atoms with Crippen molar-refractivity contribution in [2.75, 3.05) is 0 Å². The van der Waals surface area contributed by atoms with E-state index in [-0.39, 0.29) is 11.0 Å². The van der Waals surface area contributed by atoms with Crippen molar-refractivity contribution in [3.63, 3.8) is 0 Å². The second-order valence-electron chi connectivity index (χ2n) is 12.2. The van der Waals surface area contributed by atoms with Gasteiger partial charge in [-0.25, -0.2) is 4.98 Å². The minimum atomic E-state index is -0.138. The third-order valence-electron chi connectivity index (χ3n) is 9.55. The highest BCUT2D eigenvalue weighted by Gasteiger charge is 2.81. The third kappa shape index (κ3) is 3.33. The Bertz CT molecular complexity index is 1650. The Morgan fingerprint density at radius 3 is 2.08 bits per heavy atom. The lowest BCUT2D eigenvalue weighted by Gasteiger charge is -2.31. The number of nitrogens with zero attached hydrogens (tertiary/aromatic N) is 2. The van der Waals surface area contributed by atoms with Gasteiger partial charge in [0, 0.05) is 23.1 Å². The van der Waals surface area contributed by atoms with Crippen molar-refractivity contribution in [1.29, 1.82) is 0 Å². The van der Waals surface area contributed by atoms with Crippen LogP contribution in [0.2, 0.25) is 0 Å². The molecule has 2 aliphatic rings. The molecule has 0 saturated heterocycles. The van der Waals surface area contributed by atoms with Gasteiger partial charge in [0.1, 0.15) is 11.4 Å². The van der Waals surface area contributed by atoms with Crippen LogP contribution in [0.4, 0.5) is 0 Å². The molecular weight excluding hydrogens is 472 g/mol. The summed E-state index contributed by atoms with van der Waals surface area (Å²) in [5, 5.41) is 0. The first-order valence-electron chi connectivity index (χ1n) is 14.5. The highest BCUT2D eigenvalue weighted by molar-refractivity contribution is 5.85. The maximum Gasteiger partial charge on any atom is 0.240 e. The van der Waals surface area contributed by atoms with Crippen molar-refractivity contribution in [1.82, 2.24) is 4.98 Å². The van der Waals surface area contributed by atoms with E-state index in [9.17, 15) is 0 Å². The van der Waals surface area contributed by atoms with Crippen LogP contribution in [-0.4, -0.2) is 4.98 Å². The minimum absolute atomic E-state index is 0.0486. The molecule has 0 spiro atoms. The molecular formula is C37H41N2+. The molecule has 0 bridgehead atoms. The van der Waals surface area contributed by atoms with Gasteiger partial charge < -0.3 is 0 Å². The number of aromatic nitrogens is 2. The van der Waals surface area contributed by atoms with Crippen molar-refractivity contribution in [2.45, 2.75) is 85.6 Å². The Morgan fingerprint density at radius 2 is 1.46 bits per heavy atom. The lowest BCUT2D eigenvalue weighted by Crippen LogP contribution is -2.56. The fourth-order valence-corrected chi connectivity index (χ4v) is 8.25. The molecule has 3 aromatic carbocycles. The third-order valence-corrected chi connectivity index (χ3v) is 9.55. The summed E-state index contributed by atoms with van der Waals surface area (Å²) in [6.45, 7) is 22.8. The van der Waals surface area contributed by atoms with Crippen LogP contribution in [0, 0.1) is 41.5 Å². The Kier molecular flexibility index (Phi) is 5.77. The number of benzene rings is 3. The van der Waals surface area contributed by atoms with E-state index in [1.54, 1.807) is 0 Å². The molecule has 1 aromatic heterocycles. The summed E-state index contributed by atoms with van der Waals surface area (Å²) in [6, 6.07) is 18.2. The van der Waals surface area contributed by atoms with Gasteiger partial charge in [-0.05, 0) is 94.8 Å². The molecule has 39 heavy (non-hydrogen) atoms. The van der Waals surface area contributed by atoms with Gasteiger partial charge in [0.05, 0.1) is 11.0 Å². The maximum absolute atomic E-state index is 5.56. The van der Waals surface area contributed by atoms with Crippen LogP contribution in [0.25, 0.3) is 33.8 Å². The molecule has 1 aliphatic heterocycles. The first kappa shape index (κ1) is 25.7. The molecule has 2 heteroatoms. The van der Waals surface area contributed by atoms with Crippen molar-refractivity contribution in [3.05, 3.63) is 106 Å². The average Bonchev–Trinajstić information content (AvgIpc) is 3.41. The molecule has 0 radical (unpaired) electrons. The van der Waals surface area contributed by atoms with Crippen molar-refractivity contribution >= 4 is 0 Å². The number of allylic oxidation sites excluding steroid dienone is 1. The molecule has 6 rings (SSSR count). The zero-order valence-corrected chi connectivity index (χ0v) is 24.9. The van der Waals surface area contributed by atoms with Gasteiger partial charge in [-0.2, -0.15) is 4.57 Å². The predicted octanol–water partition coefficient (Wildman–Crippen LogP) is 8.95. The van der Waals surface area contributed by atoms with Crippen molar-refractivity contribution in [2.24, 2.45) is 0 Å². The van der Waals surface area contributed by atoms with Crippen LogP contribution < -0.4 is 4.57 Å². The second-order valence-corrected chi connectivity index (χ2v) is 12.2. The summed E-state index contributed by atoms with van der Waals surface area (Å²) < 4.78 is 2.63. The summed E-state index contributed by atoms with van der Waals surface area (Å²) in [5.74, 6) is 0. The van der Waals surface area contributed by atoms with Crippen molar-refractivity contribution < 1.29 is 4.57 Å². The number of hydrogen-bond acceptors (Lipinski definition) is 1. The number of aryl methyl sites for hydroxylation is 6. The van der Waals surface area contributed by atoms with Gasteiger partial charge in [0.25, 0.3) is 0 Å². The van der Waals surface area contributed by atoms with E-state index >= 15 is 0 Å². The van der Waals surface area contributed by atoms with Gasteiger partial charge in [0.15, 0.2) is 6.20 Å². The van der Waals surface area contributed by atoms with Gasteiger partial charge in [-0.1, -0.05) is 67.4 Å². The van der Waals surface area contributed by atoms with Gasteiger partial charge >= 0.3 is 0 Å². The first-order valence-corrected chi connectivity index (χ1v) is 14.5. The zero-order valence-electron chi connectivity index (χ0n) is 24.9. The molecule has 2 atom stereocenters. The van der Waals surface area contributed by atoms with E-state index < -0.39 is 0 Å². The molecule has 1 aliphatic carbocycles. The number of fused-ring (bicyclic) bond motifs is 6. The fourth-order valence-electron chi connectivity index (χ4n) is 8.25. The van der Waals surface area contributed by atoms with Gasteiger partial charge in [-0.3, -0.25) is 0 Å². The van der Waals surface area contributed by atoms with Crippen LogP contribution in [0.3, 0.4) is 0 Å². The molecule has 2 unspecified atom stereocenters. The molecule has 1 fully saturated rings. The van der Waals surface area contributed by atoms with Gasteiger partial charge in [-0.15, -0.1) is 0 Å². The summed E-state index contributed by atoms with van der Waals surface area (Å²) in [6.07, 6.45) is 5.60. The SMILES string of the molecule is C=C1C2(CC)c3c(C)cc(C)cc3-c3c(-c4cc(C)cc(C)c4)nc(-c4c(C)cccc4C)c[n+]3C12CCC. The van der Waals surface area contributed by atoms with Crippen LogP contribution >= 0.6 is 0 Å². The summed E-state index contributed by atoms with van der Waals surface area (Å²) >= 11 is 0. The highest BCUT2D eigenvalue weighted by Crippen LogP contribution is 2.72. The lowest BCUT2D eigenvalue weighted by atomic mass is 9.75. The van der Waals surface area contributed by atoms with Crippen LogP contribution in [0.1, 0.15) is 72.1 Å². The normalized spacial score (nSPS) is 20.9. The second kappa shape index (κ2) is 8.74. The van der Waals surface area contributed by atoms with Crippen LogP contribution in [0.15, 0.2) is 66.9 Å². The Balaban J connectivity index is 1.83. The summed E-state index contributed by atoms with van der Waals surface area (Å²) in [7, 11) is 0. The van der Waals surface area contributed by atoms with E-state index in [0.29, 0.717) is 0 Å². The molecule has 198 valence electrons. The predicted molar refractivity (Wildman–Crippen MR) is 163 cm³/mol. The lowest BCUT2D eigenvalue weighted by molar-refractivity contribution is -0.731.